The van der Waals surface area contributed by atoms with Crippen molar-refractivity contribution >= 4 is 22.7 Å². The Balaban J connectivity index is 2.10. The molecule has 0 bridgehead atoms. The summed E-state index contributed by atoms with van der Waals surface area (Å²) in [6, 6.07) is 11.2. The van der Waals surface area contributed by atoms with Gasteiger partial charge in [-0.3, -0.25) is 0 Å². The maximum Gasteiger partial charge on any atom is 0.0496 e. The van der Waals surface area contributed by atoms with E-state index in [1.807, 2.05) is 11.3 Å². The molecular formula is C16H22N2S. The molecule has 1 atom stereocenters. The summed E-state index contributed by atoms with van der Waals surface area (Å²) >= 11 is 1.87. The summed E-state index contributed by atoms with van der Waals surface area (Å²) in [5.41, 5.74) is 3.79. The van der Waals surface area contributed by atoms with Gasteiger partial charge in [0.05, 0.1) is 0 Å². The minimum absolute atomic E-state index is 0.343. The molecule has 0 spiro atoms. The highest BCUT2D eigenvalue weighted by atomic mass is 32.1. The fraction of sp³-hybridized carbons (Fsp3) is 0.375. The SMILES string of the molecule is Cc1cc(C(C)Nc2ccc(N(C)C)cc2)c(C)s1. The Morgan fingerprint density at radius 1 is 1.11 bits per heavy atom. The van der Waals surface area contributed by atoms with E-state index < -0.39 is 0 Å². The second-order valence-corrected chi connectivity index (χ2v) is 6.64. The number of nitrogens with zero attached hydrogens (tertiary/aromatic N) is 1. The normalized spacial score (nSPS) is 12.3. The number of anilines is 2. The first-order chi connectivity index (χ1) is 8.97. The monoisotopic (exact) mass is 274 g/mol. The van der Waals surface area contributed by atoms with Crippen molar-refractivity contribution in [1.29, 1.82) is 0 Å². The van der Waals surface area contributed by atoms with E-state index in [0.717, 1.165) is 0 Å². The second-order valence-electron chi connectivity index (χ2n) is 5.18. The zero-order valence-electron chi connectivity index (χ0n) is 12.3. The molecule has 0 radical (unpaired) electrons. The molecule has 0 aliphatic heterocycles. The predicted molar refractivity (Wildman–Crippen MR) is 86.6 cm³/mol. The summed E-state index contributed by atoms with van der Waals surface area (Å²) in [7, 11) is 4.12. The summed E-state index contributed by atoms with van der Waals surface area (Å²) in [6.45, 7) is 6.58. The third kappa shape index (κ3) is 3.29. The van der Waals surface area contributed by atoms with Crippen molar-refractivity contribution in [2.24, 2.45) is 0 Å². The molecule has 3 heteroatoms. The topological polar surface area (TPSA) is 15.3 Å². The first-order valence-corrected chi connectivity index (χ1v) is 7.40. The van der Waals surface area contributed by atoms with Gasteiger partial charge in [0.15, 0.2) is 0 Å². The minimum atomic E-state index is 0.343. The molecule has 1 unspecified atom stereocenters. The highest BCUT2D eigenvalue weighted by Gasteiger charge is 2.11. The van der Waals surface area contributed by atoms with E-state index in [4.69, 9.17) is 0 Å². The average molecular weight is 274 g/mol. The van der Waals surface area contributed by atoms with Crippen LogP contribution in [-0.2, 0) is 0 Å². The van der Waals surface area contributed by atoms with E-state index in [1.54, 1.807) is 0 Å². The Bertz CT molecular complexity index is 540. The third-order valence-electron chi connectivity index (χ3n) is 3.31. The predicted octanol–water partition coefficient (Wildman–Crippen LogP) is 4.60. The van der Waals surface area contributed by atoms with Crippen molar-refractivity contribution in [1.82, 2.24) is 0 Å². The molecule has 1 heterocycles. The van der Waals surface area contributed by atoms with E-state index in [0.29, 0.717) is 6.04 Å². The molecule has 102 valence electrons. The van der Waals surface area contributed by atoms with Crippen molar-refractivity contribution in [3.05, 3.63) is 45.6 Å². The van der Waals surface area contributed by atoms with Crippen molar-refractivity contribution in [2.45, 2.75) is 26.8 Å². The van der Waals surface area contributed by atoms with E-state index >= 15 is 0 Å². The van der Waals surface area contributed by atoms with Crippen LogP contribution in [-0.4, -0.2) is 14.1 Å². The van der Waals surface area contributed by atoms with Gasteiger partial charge in [0, 0.05) is 41.3 Å². The Morgan fingerprint density at radius 2 is 1.74 bits per heavy atom. The number of nitrogens with one attached hydrogen (secondary N) is 1. The van der Waals surface area contributed by atoms with Crippen molar-refractivity contribution < 1.29 is 0 Å². The molecule has 0 saturated heterocycles. The molecule has 0 aliphatic carbocycles. The number of rotatable bonds is 4. The third-order valence-corrected chi connectivity index (χ3v) is 4.29. The summed E-state index contributed by atoms with van der Waals surface area (Å²) in [5.74, 6) is 0. The van der Waals surface area contributed by atoms with Crippen molar-refractivity contribution in [2.75, 3.05) is 24.3 Å². The van der Waals surface area contributed by atoms with Crippen LogP contribution in [0.5, 0.6) is 0 Å². The lowest BCUT2D eigenvalue weighted by Crippen LogP contribution is -2.09. The van der Waals surface area contributed by atoms with Crippen LogP contribution in [0, 0.1) is 13.8 Å². The van der Waals surface area contributed by atoms with Crippen molar-refractivity contribution in [3.63, 3.8) is 0 Å². The fourth-order valence-corrected chi connectivity index (χ4v) is 3.29. The van der Waals surface area contributed by atoms with Crippen LogP contribution in [0.4, 0.5) is 11.4 Å². The lowest BCUT2D eigenvalue weighted by atomic mass is 10.1. The number of aryl methyl sites for hydroxylation is 2. The van der Waals surface area contributed by atoms with Crippen LogP contribution in [0.2, 0.25) is 0 Å². The van der Waals surface area contributed by atoms with E-state index in [1.165, 1.54) is 26.7 Å². The fourth-order valence-electron chi connectivity index (χ4n) is 2.26. The van der Waals surface area contributed by atoms with Crippen LogP contribution in [0.3, 0.4) is 0 Å². The first-order valence-electron chi connectivity index (χ1n) is 6.58. The largest absolute Gasteiger partial charge is 0.378 e. The minimum Gasteiger partial charge on any atom is -0.378 e. The van der Waals surface area contributed by atoms with Gasteiger partial charge in [0.25, 0.3) is 0 Å². The zero-order chi connectivity index (χ0) is 14.0. The molecule has 1 N–H and O–H groups in total. The highest BCUT2D eigenvalue weighted by Crippen LogP contribution is 2.29. The summed E-state index contributed by atoms with van der Waals surface area (Å²) in [4.78, 5) is 4.89. The highest BCUT2D eigenvalue weighted by molar-refractivity contribution is 7.12. The molecular weight excluding hydrogens is 252 g/mol. The Morgan fingerprint density at radius 3 is 2.21 bits per heavy atom. The van der Waals surface area contributed by atoms with Gasteiger partial charge < -0.3 is 10.2 Å². The van der Waals surface area contributed by atoms with Gasteiger partial charge in [0.2, 0.25) is 0 Å². The number of thiophene rings is 1. The van der Waals surface area contributed by atoms with Gasteiger partial charge >= 0.3 is 0 Å². The molecule has 0 saturated carbocycles. The van der Waals surface area contributed by atoms with Gasteiger partial charge in [-0.15, -0.1) is 11.3 Å². The van der Waals surface area contributed by atoms with Gasteiger partial charge in [-0.2, -0.15) is 0 Å². The van der Waals surface area contributed by atoms with Crippen molar-refractivity contribution in [3.8, 4) is 0 Å². The molecule has 0 amide bonds. The average Bonchev–Trinajstić information content (AvgIpc) is 2.69. The van der Waals surface area contributed by atoms with Crippen LogP contribution in [0.25, 0.3) is 0 Å². The number of hydrogen-bond donors (Lipinski definition) is 1. The van der Waals surface area contributed by atoms with Gasteiger partial charge in [-0.05, 0) is 56.7 Å². The van der Waals surface area contributed by atoms with Gasteiger partial charge in [-0.1, -0.05) is 0 Å². The van der Waals surface area contributed by atoms with Crippen LogP contribution in [0.1, 0.15) is 28.3 Å². The van der Waals surface area contributed by atoms with E-state index in [-0.39, 0.29) is 0 Å². The van der Waals surface area contributed by atoms with Crippen LogP contribution in [0.15, 0.2) is 30.3 Å². The summed E-state index contributed by atoms with van der Waals surface area (Å²) in [6.07, 6.45) is 0. The van der Waals surface area contributed by atoms with Gasteiger partial charge in [0.1, 0.15) is 0 Å². The smallest absolute Gasteiger partial charge is 0.0496 e. The molecule has 2 nitrogen and oxygen atoms in total. The molecule has 0 fully saturated rings. The summed E-state index contributed by atoms with van der Waals surface area (Å²) in [5, 5.41) is 3.57. The Kier molecular flexibility index (Phi) is 4.15. The standard InChI is InChI=1S/C16H22N2S/c1-11-10-16(13(3)19-11)12(2)17-14-6-8-15(9-7-14)18(4)5/h6-10,12,17H,1-5H3. The lowest BCUT2D eigenvalue weighted by Gasteiger charge is -2.17. The zero-order valence-corrected chi connectivity index (χ0v) is 13.1. The quantitative estimate of drug-likeness (QED) is 0.876. The Hall–Kier alpha value is -1.48. The molecule has 1 aromatic carbocycles. The van der Waals surface area contributed by atoms with Crippen LogP contribution < -0.4 is 10.2 Å². The molecule has 1 aromatic heterocycles. The molecule has 2 rings (SSSR count). The first kappa shape index (κ1) is 13.9. The number of hydrogen-bond acceptors (Lipinski definition) is 3. The lowest BCUT2D eigenvalue weighted by molar-refractivity contribution is 0.881. The molecule has 0 aliphatic rings. The molecule has 2 aromatic rings. The van der Waals surface area contributed by atoms with Gasteiger partial charge in [-0.25, -0.2) is 0 Å². The maximum absolute atomic E-state index is 3.57. The summed E-state index contributed by atoms with van der Waals surface area (Å²) < 4.78 is 0. The second kappa shape index (κ2) is 5.66. The van der Waals surface area contributed by atoms with E-state index in [2.05, 4.69) is 75.4 Å². The van der Waals surface area contributed by atoms with E-state index in [9.17, 15) is 0 Å². The molecule has 19 heavy (non-hydrogen) atoms. The number of benzene rings is 1. The maximum atomic E-state index is 3.57. The van der Waals surface area contributed by atoms with Crippen LogP contribution >= 0.6 is 11.3 Å². The Labute approximate surface area is 120 Å².